The smallest absolute Gasteiger partial charge is 0.329 e. The number of amides is 2. The van der Waals surface area contributed by atoms with Gasteiger partial charge in [-0.15, -0.1) is 0 Å². The number of hydrogen-bond donors (Lipinski definition) is 2. The van der Waals surface area contributed by atoms with Crippen molar-refractivity contribution in [1.82, 2.24) is 10.7 Å². The molecule has 6 nitrogen and oxygen atoms in total. The van der Waals surface area contributed by atoms with E-state index in [1.54, 1.807) is 12.1 Å². The summed E-state index contributed by atoms with van der Waals surface area (Å²) < 4.78 is 5.11. The maximum atomic E-state index is 11.9. The summed E-state index contributed by atoms with van der Waals surface area (Å²) in [4.78, 5) is 23.6. The van der Waals surface area contributed by atoms with Gasteiger partial charge >= 0.3 is 11.8 Å². The Balaban J connectivity index is 1.76. The molecule has 138 valence electrons. The molecule has 1 aliphatic carbocycles. The van der Waals surface area contributed by atoms with Crippen molar-refractivity contribution in [2.75, 3.05) is 0 Å². The highest BCUT2D eigenvalue weighted by Gasteiger charge is 2.13. The number of rotatable bonds is 3. The van der Waals surface area contributed by atoms with E-state index in [4.69, 9.17) is 4.42 Å². The van der Waals surface area contributed by atoms with Crippen LogP contribution >= 0.6 is 0 Å². The predicted octanol–water partition coefficient (Wildman–Crippen LogP) is 3.67. The van der Waals surface area contributed by atoms with Gasteiger partial charge in [-0.3, -0.25) is 9.59 Å². The van der Waals surface area contributed by atoms with Gasteiger partial charge in [0.1, 0.15) is 5.76 Å². The van der Waals surface area contributed by atoms with E-state index in [0.29, 0.717) is 5.76 Å². The van der Waals surface area contributed by atoms with E-state index < -0.39 is 11.8 Å². The fourth-order valence-electron chi connectivity index (χ4n) is 2.97. The average molecular weight is 347 g/mol. The van der Waals surface area contributed by atoms with Crippen LogP contribution in [0.2, 0.25) is 0 Å². The summed E-state index contributed by atoms with van der Waals surface area (Å²) in [5.41, 5.74) is 3.39. The second-order valence-electron chi connectivity index (χ2n) is 6.56. The molecule has 0 unspecified atom stereocenters. The van der Waals surface area contributed by atoms with Crippen LogP contribution in [0.5, 0.6) is 0 Å². The Morgan fingerprint density at radius 3 is 2.08 bits per heavy atom. The van der Waals surface area contributed by atoms with Gasteiger partial charge in [-0.1, -0.05) is 44.9 Å². The highest BCUT2D eigenvalue weighted by atomic mass is 16.3. The summed E-state index contributed by atoms with van der Waals surface area (Å²) in [6.45, 7) is 0.190. The number of nitrogens with zero attached hydrogens (tertiary/aromatic N) is 1. The molecule has 25 heavy (non-hydrogen) atoms. The quantitative estimate of drug-likeness (QED) is 0.646. The first-order chi connectivity index (χ1) is 12.3. The molecule has 0 aliphatic heterocycles. The molecule has 0 saturated heterocycles. The minimum atomic E-state index is -0.731. The Kier molecular flexibility index (Phi) is 8.80. The molecule has 0 radical (unpaired) electrons. The third-order valence-corrected chi connectivity index (χ3v) is 4.46. The number of nitrogens with one attached hydrogen (secondary N) is 2. The molecule has 2 rings (SSSR count). The van der Waals surface area contributed by atoms with Gasteiger partial charge in [-0.05, 0) is 37.8 Å². The number of hydrogen-bond acceptors (Lipinski definition) is 4. The van der Waals surface area contributed by atoms with Gasteiger partial charge in [0.05, 0.1) is 12.8 Å². The van der Waals surface area contributed by atoms with Crippen LogP contribution in [0.25, 0.3) is 0 Å². The van der Waals surface area contributed by atoms with Crippen molar-refractivity contribution in [2.45, 2.75) is 77.2 Å². The number of carbonyl (C=O) groups is 2. The van der Waals surface area contributed by atoms with Gasteiger partial charge in [0.15, 0.2) is 0 Å². The standard InChI is InChI=1S/C19H29N3O3/c23-18(20-15-17-13-10-14-25-17)19(24)22-21-16-11-8-6-4-2-1-3-5-7-9-12-16/h10,13-14H,1-9,11-12,15H2,(H,20,23)(H,22,24). The molecule has 0 aromatic carbocycles. The molecule has 1 aromatic rings. The molecule has 1 saturated carbocycles. The first kappa shape index (κ1) is 19.2. The van der Waals surface area contributed by atoms with Crippen molar-refractivity contribution in [3.63, 3.8) is 0 Å². The highest BCUT2D eigenvalue weighted by Crippen LogP contribution is 2.15. The van der Waals surface area contributed by atoms with Gasteiger partial charge < -0.3 is 9.73 Å². The molecule has 1 fully saturated rings. The van der Waals surface area contributed by atoms with Crippen molar-refractivity contribution in [1.29, 1.82) is 0 Å². The van der Waals surface area contributed by atoms with Crippen LogP contribution in [-0.4, -0.2) is 17.5 Å². The number of carbonyl (C=O) groups excluding carboxylic acids is 2. The molecule has 6 heteroatoms. The molecular weight excluding hydrogens is 318 g/mol. The fourth-order valence-corrected chi connectivity index (χ4v) is 2.97. The summed E-state index contributed by atoms with van der Waals surface area (Å²) in [7, 11) is 0. The third kappa shape index (κ3) is 8.01. The first-order valence-electron chi connectivity index (χ1n) is 9.41. The molecule has 1 aromatic heterocycles. The van der Waals surface area contributed by atoms with E-state index in [1.165, 1.54) is 51.2 Å². The highest BCUT2D eigenvalue weighted by molar-refractivity contribution is 6.35. The maximum absolute atomic E-state index is 11.9. The van der Waals surface area contributed by atoms with Crippen molar-refractivity contribution in [3.8, 4) is 0 Å². The summed E-state index contributed by atoms with van der Waals surface area (Å²) in [6, 6.07) is 3.47. The first-order valence-corrected chi connectivity index (χ1v) is 9.41. The maximum Gasteiger partial charge on any atom is 0.329 e. The second kappa shape index (κ2) is 11.4. The zero-order valence-corrected chi connectivity index (χ0v) is 14.9. The van der Waals surface area contributed by atoms with Crippen molar-refractivity contribution < 1.29 is 14.0 Å². The monoisotopic (exact) mass is 347 g/mol. The lowest BCUT2D eigenvalue weighted by Gasteiger charge is -2.09. The lowest BCUT2D eigenvalue weighted by atomic mass is 10.00. The minimum Gasteiger partial charge on any atom is -0.467 e. The van der Waals surface area contributed by atoms with E-state index in [2.05, 4.69) is 15.8 Å². The summed E-state index contributed by atoms with van der Waals surface area (Å²) in [5, 5.41) is 6.72. The number of hydrazone groups is 1. The van der Waals surface area contributed by atoms with E-state index in [-0.39, 0.29) is 6.54 Å². The van der Waals surface area contributed by atoms with Crippen molar-refractivity contribution >= 4 is 17.5 Å². The largest absolute Gasteiger partial charge is 0.467 e. The molecule has 0 spiro atoms. The van der Waals surface area contributed by atoms with Gasteiger partial charge in [-0.2, -0.15) is 5.10 Å². The van der Waals surface area contributed by atoms with Gasteiger partial charge in [0, 0.05) is 5.71 Å². The van der Waals surface area contributed by atoms with Crippen LogP contribution in [0.3, 0.4) is 0 Å². The fraction of sp³-hybridized carbons (Fsp3) is 0.632. The van der Waals surface area contributed by atoms with E-state index in [9.17, 15) is 9.59 Å². The van der Waals surface area contributed by atoms with Crippen LogP contribution in [0, 0.1) is 0 Å². The SMILES string of the molecule is O=C(NCc1ccco1)C(=O)NN=C1CCCCCCCCCCC1. The molecular formula is C19H29N3O3. The zero-order valence-electron chi connectivity index (χ0n) is 14.9. The van der Waals surface area contributed by atoms with Crippen molar-refractivity contribution in [3.05, 3.63) is 24.2 Å². The van der Waals surface area contributed by atoms with E-state index >= 15 is 0 Å². The molecule has 0 atom stereocenters. The lowest BCUT2D eigenvalue weighted by molar-refractivity contribution is -0.139. The van der Waals surface area contributed by atoms with E-state index in [0.717, 1.165) is 31.4 Å². The molecule has 2 amide bonds. The van der Waals surface area contributed by atoms with Crippen LogP contribution in [0.15, 0.2) is 27.9 Å². The lowest BCUT2D eigenvalue weighted by Crippen LogP contribution is -2.37. The number of furan rings is 1. The Labute approximate surface area is 149 Å². The topological polar surface area (TPSA) is 83.7 Å². The Morgan fingerprint density at radius 1 is 0.920 bits per heavy atom. The Morgan fingerprint density at radius 2 is 1.52 bits per heavy atom. The molecule has 1 heterocycles. The summed E-state index contributed by atoms with van der Waals surface area (Å²) >= 11 is 0. The van der Waals surface area contributed by atoms with Crippen LogP contribution in [-0.2, 0) is 16.1 Å². The Hall–Kier alpha value is -2.11. The van der Waals surface area contributed by atoms with Crippen LogP contribution < -0.4 is 10.7 Å². The average Bonchev–Trinajstić information content (AvgIpc) is 3.12. The van der Waals surface area contributed by atoms with Gasteiger partial charge in [-0.25, -0.2) is 5.43 Å². The van der Waals surface area contributed by atoms with Crippen LogP contribution in [0.1, 0.15) is 76.4 Å². The van der Waals surface area contributed by atoms with Crippen molar-refractivity contribution in [2.24, 2.45) is 5.10 Å². The predicted molar refractivity (Wildman–Crippen MR) is 96.9 cm³/mol. The molecule has 0 bridgehead atoms. The zero-order chi connectivity index (χ0) is 17.7. The van der Waals surface area contributed by atoms with Gasteiger partial charge in [0.2, 0.25) is 0 Å². The normalized spacial score (nSPS) is 17.0. The molecule has 2 N–H and O–H groups in total. The third-order valence-electron chi connectivity index (χ3n) is 4.46. The summed E-state index contributed by atoms with van der Waals surface area (Å²) in [6.07, 6.45) is 14.5. The Bertz CT molecular complexity index is 538. The van der Waals surface area contributed by atoms with Crippen LogP contribution in [0.4, 0.5) is 0 Å². The molecule has 1 aliphatic rings. The van der Waals surface area contributed by atoms with Gasteiger partial charge in [0.25, 0.3) is 0 Å². The summed E-state index contributed by atoms with van der Waals surface area (Å²) in [5.74, 6) is -0.828. The second-order valence-corrected chi connectivity index (χ2v) is 6.56. The minimum absolute atomic E-state index is 0.190. The van der Waals surface area contributed by atoms with E-state index in [1.807, 2.05) is 0 Å².